The summed E-state index contributed by atoms with van der Waals surface area (Å²) in [5, 5.41) is 7.33. The number of carbonyl (C=O) groups is 1. The van der Waals surface area contributed by atoms with Crippen LogP contribution in [0.5, 0.6) is 0 Å². The van der Waals surface area contributed by atoms with Crippen molar-refractivity contribution < 1.29 is 9.53 Å². The summed E-state index contributed by atoms with van der Waals surface area (Å²) in [6.07, 6.45) is 5.36. The van der Waals surface area contributed by atoms with Crippen molar-refractivity contribution in [3.05, 3.63) is 18.0 Å². The molecule has 128 valence electrons. The average Bonchev–Trinajstić information content (AvgIpc) is 2.84. The van der Waals surface area contributed by atoms with Crippen molar-refractivity contribution in [3.63, 3.8) is 0 Å². The van der Waals surface area contributed by atoms with Crippen LogP contribution in [-0.4, -0.2) is 60.0 Å². The van der Waals surface area contributed by atoms with Gasteiger partial charge in [0.15, 0.2) is 0 Å². The van der Waals surface area contributed by atoms with Crippen molar-refractivity contribution in [1.82, 2.24) is 20.0 Å². The maximum Gasteiger partial charge on any atom is 0.222 e. The SMILES string of the molecule is CNCCCC(=O)N1CCOC(Cn2cc(C)cn2)C1.Cl.Cl. The Kier molecular flexibility index (Phi) is 10.4. The van der Waals surface area contributed by atoms with Crippen LogP contribution in [0.4, 0.5) is 0 Å². The van der Waals surface area contributed by atoms with Crippen molar-refractivity contribution in [3.8, 4) is 0 Å². The Bertz CT molecular complexity index is 442. The van der Waals surface area contributed by atoms with Gasteiger partial charge in [0, 0.05) is 25.7 Å². The van der Waals surface area contributed by atoms with E-state index in [2.05, 4.69) is 10.4 Å². The smallest absolute Gasteiger partial charge is 0.222 e. The van der Waals surface area contributed by atoms with Gasteiger partial charge in [0.1, 0.15) is 0 Å². The van der Waals surface area contributed by atoms with E-state index in [0.717, 1.165) is 18.5 Å². The monoisotopic (exact) mass is 352 g/mol. The first kappa shape index (κ1) is 21.2. The zero-order chi connectivity index (χ0) is 14.4. The van der Waals surface area contributed by atoms with Gasteiger partial charge in [-0.3, -0.25) is 9.48 Å². The van der Waals surface area contributed by atoms with Crippen LogP contribution in [0.25, 0.3) is 0 Å². The van der Waals surface area contributed by atoms with E-state index >= 15 is 0 Å². The number of nitrogens with one attached hydrogen (secondary N) is 1. The standard InChI is InChI=1S/C14H24N4O2.2ClH/c1-12-8-16-18(9-12)11-13-10-17(6-7-20-13)14(19)4-3-5-15-2;;/h8-9,13,15H,3-7,10-11H2,1-2H3;2*1H. The molecule has 0 saturated carbocycles. The molecule has 0 bridgehead atoms. The summed E-state index contributed by atoms with van der Waals surface area (Å²) in [5.74, 6) is 0.227. The van der Waals surface area contributed by atoms with E-state index in [9.17, 15) is 4.79 Å². The molecule has 1 unspecified atom stereocenters. The summed E-state index contributed by atoms with van der Waals surface area (Å²) in [4.78, 5) is 14.0. The third kappa shape index (κ3) is 6.52. The third-order valence-corrected chi connectivity index (χ3v) is 3.46. The van der Waals surface area contributed by atoms with E-state index in [1.54, 1.807) is 0 Å². The zero-order valence-electron chi connectivity index (χ0n) is 13.2. The predicted octanol–water partition coefficient (Wildman–Crippen LogP) is 1.26. The van der Waals surface area contributed by atoms with E-state index in [1.165, 1.54) is 0 Å². The van der Waals surface area contributed by atoms with Gasteiger partial charge in [0.25, 0.3) is 0 Å². The van der Waals surface area contributed by atoms with Gasteiger partial charge in [-0.1, -0.05) is 0 Å². The molecule has 0 aliphatic carbocycles. The quantitative estimate of drug-likeness (QED) is 0.783. The van der Waals surface area contributed by atoms with Crippen LogP contribution in [0.2, 0.25) is 0 Å². The number of ether oxygens (including phenoxy) is 1. The summed E-state index contributed by atoms with van der Waals surface area (Å²) < 4.78 is 7.61. The summed E-state index contributed by atoms with van der Waals surface area (Å²) in [7, 11) is 1.90. The van der Waals surface area contributed by atoms with E-state index in [4.69, 9.17) is 4.74 Å². The van der Waals surface area contributed by atoms with Crippen LogP contribution in [0.3, 0.4) is 0 Å². The number of aromatic nitrogens is 2. The van der Waals surface area contributed by atoms with Crippen molar-refractivity contribution >= 4 is 30.7 Å². The number of carbonyl (C=O) groups excluding carboxylic acids is 1. The molecule has 2 heterocycles. The van der Waals surface area contributed by atoms with Gasteiger partial charge in [0.05, 0.1) is 25.5 Å². The van der Waals surface area contributed by atoms with Gasteiger partial charge in [-0.15, -0.1) is 24.8 Å². The lowest BCUT2D eigenvalue weighted by molar-refractivity contribution is -0.139. The lowest BCUT2D eigenvalue weighted by Gasteiger charge is -2.33. The highest BCUT2D eigenvalue weighted by Crippen LogP contribution is 2.10. The minimum absolute atomic E-state index is 0. The Hall–Kier alpha value is -0.820. The number of aryl methyl sites for hydroxylation is 1. The van der Waals surface area contributed by atoms with Crippen LogP contribution < -0.4 is 5.32 Å². The van der Waals surface area contributed by atoms with Gasteiger partial charge >= 0.3 is 0 Å². The summed E-state index contributed by atoms with van der Waals surface area (Å²) in [6, 6.07) is 0. The van der Waals surface area contributed by atoms with Crippen LogP contribution in [0, 0.1) is 6.92 Å². The Morgan fingerprint density at radius 3 is 2.91 bits per heavy atom. The second kappa shape index (κ2) is 10.8. The summed E-state index contributed by atoms with van der Waals surface area (Å²) in [6.45, 7) is 5.58. The highest BCUT2D eigenvalue weighted by molar-refractivity contribution is 5.85. The molecule has 1 aromatic heterocycles. The van der Waals surface area contributed by atoms with Crippen molar-refractivity contribution in [1.29, 1.82) is 0 Å². The minimum Gasteiger partial charge on any atom is -0.373 e. The maximum atomic E-state index is 12.1. The first-order chi connectivity index (χ1) is 9.69. The lowest BCUT2D eigenvalue weighted by atomic mass is 10.2. The van der Waals surface area contributed by atoms with Gasteiger partial charge in [-0.25, -0.2) is 0 Å². The molecule has 1 saturated heterocycles. The highest BCUT2D eigenvalue weighted by Gasteiger charge is 2.24. The lowest BCUT2D eigenvalue weighted by Crippen LogP contribution is -2.47. The zero-order valence-corrected chi connectivity index (χ0v) is 14.8. The largest absolute Gasteiger partial charge is 0.373 e. The minimum atomic E-state index is 0. The van der Waals surface area contributed by atoms with Crippen LogP contribution >= 0.6 is 24.8 Å². The van der Waals surface area contributed by atoms with Crippen LogP contribution in [-0.2, 0) is 16.1 Å². The molecular formula is C14H26Cl2N4O2. The fourth-order valence-corrected chi connectivity index (χ4v) is 2.41. The fraction of sp³-hybridized carbons (Fsp3) is 0.714. The summed E-state index contributed by atoms with van der Waals surface area (Å²) >= 11 is 0. The van der Waals surface area contributed by atoms with Gasteiger partial charge in [-0.2, -0.15) is 5.10 Å². The van der Waals surface area contributed by atoms with Crippen LogP contribution in [0.15, 0.2) is 12.4 Å². The van der Waals surface area contributed by atoms with Gasteiger partial charge in [0.2, 0.25) is 5.91 Å². The van der Waals surface area contributed by atoms with E-state index < -0.39 is 0 Å². The van der Waals surface area contributed by atoms with E-state index in [0.29, 0.717) is 32.7 Å². The molecule has 8 heteroatoms. The predicted molar refractivity (Wildman–Crippen MR) is 90.9 cm³/mol. The van der Waals surface area contributed by atoms with Crippen molar-refractivity contribution in [2.45, 2.75) is 32.4 Å². The molecule has 6 nitrogen and oxygen atoms in total. The molecular weight excluding hydrogens is 327 g/mol. The number of nitrogens with zero attached hydrogens (tertiary/aromatic N) is 3. The number of hydrogen-bond donors (Lipinski definition) is 1. The second-order valence-corrected chi connectivity index (χ2v) is 5.28. The number of morpholine rings is 1. The Morgan fingerprint density at radius 2 is 2.27 bits per heavy atom. The molecule has 0 aromatic carbocycles. The molecule has 0 spiro atoms. The molecule has 1 fully saturated rings. The molecule has 0 radical (unpaired) electrons. The molecule has 1 aliphatic heterocycles. The number of hydrogen-bond acceptors (Lipinski definition) is 4. The highest BCUT2D eigenvalue weighted by atomic mass is 35.5. The molecule has 2 rings (SSSR count). The maximum absolute atomic E-state index is 12.1. The molecule has 1 amide bonds. The molecule has 1 N–H and O–H groups in total. The van der Waals surface area contributed by atoms with Crippen LogP contribution in [0.1, 0.15) is 18.4 Å². The number of rotatable bonds is 6. The van der Waals surface area contributed by atoms with E-state index in [1.807, 2.05) is 35.9 Å². The van der Waals surface area contributed by atoms with Crippen molar-refractivity contribution in [2.75, 3.05) is 33.3 Å². The number of amides is 1. The molecule has 1 aromatic rings. The first-order valence-electron chi connectivity index (χ1n) is 7.22. The molecule has 1 aliphatic rings. The Labute approximate surface area is 144 Å². The molecule has 1 atom stereocenters. The normalized spacial score (nSPS) is 17.5. The Balaban J connectivity index is 0.00000220. The fourth-order valence-electron chi connectivity index (χ4n) is 2.41. The topological polar surface area (TPSA) is 59.4 Å². The van der Waals surface area contributed by atoms with Gasteiger partial charge in [-0.05, 0) is 32.5 Å². The van der Waals surface area contributed by atoms with Gasteiger partial charge < -0.3 is 15.0 Å². The Morgan fingerprint density at radius 1 is 1.50 bits per heavy atom. The first-order valence-corrected chi connectivity index (χ1v) is 7.22. The molecule has 22 heavy (non-hydrogen) atoms. The van der Waals surface area contributed by atoms with E-state index in [-0.39, 0.29) is 36.8 Å². The third-order valence-electron chi connectivity index (χ3n) is 3.46. The number of halogens is 2. The average molecular weight is 353 g/mol. The van der Waals surface area contributed by atoms with Crippen molar-refractivity contribution in [2.24, 2.45) is 0 Å². The summed E-state index contributed by atoms with van der Waals surface area (Å²) in [5.41, 5.74) is 1.14. The second-order valence-electron chi connectivity index (χ2n) is 5.28.